The molecule has 1 saturated heterocycles. The summed E-state index contributed by atoms with van der Waals surface area (Å²) in [5, 5.41) is 3.10. The first-order valence-electron chi connectivity index (χ1n) is 5.79. The van der Waals surface area contributed by atoms with Gasteiger partial charge < -0.3 is 4.74 Å². The van der Waals surface area contributed by atoms with Crippen LogP contribution in [-0.4, -0.2) is 29.6 Å². The standard InChI is InChI=1S/C12H13BrN2OS2/c13-11-2-1-9(18-11)7-15-4-5-16-10(8-15)12-14-3-6-17-12/h1-3,6,10H,4-5,7-8H2/t10-/m1/s1. The van der Waals surface area contributed by atoms with Gasteiger partial charge in [0.2, 0.25) is 0 Å². The number of hydrogen-bond acceptors (Lipinski definition) is 5. The first kappa shape index (κ1) is 12.7. The monoisotopic (exact) mass is 344 g/mol. The minimum atomic E-state index is 0.141. The van der Waals surface area contributed by atoms with E-state index in [1.54, 1.807) is 22.7 Å². The van der Waals surface area contributed by atoms with Crippen LogP contribution >= 0.6 is 38.6 Å². The van der Waals surface area contributed by atoms with Gasteiger partial charge in [-0.15, -0.1) is 22.7 Å². The van der Waals surface area contributed by atoms with Crippen molar-refractivity contribution in [2.75, 3.05) is 19.7 Å². The maximum atomic E-state index is 5.80. The summed E-state index contributed by atoms with van der Waals surface area (Å²) >= 11 is 6.98. The minimum Gasteiger partial charge on any atom is -0.368 e. The van der Waals surface area contributed by atoms with Crippen LogP contribution in [0.3, 0.4) is 0 Å². The van der Waals surface area contributed by atoms with Crippen molar-refractivity contribution in [1.82, 2.24) is 9.88 Å². The molecule has 0 saturated carbocycles. The molecule has 0 aromatic carbocycles. The predicted molar refractivity (Wildman–Crippen MR) is 78.1 cm³/mol. The molecule has 0 spiro atoms. The minimum absolute atomic E-state index is 0.141. The van der Waals surface area contributed by atoms with Crippen molar-refractivity contribution in [3.05, 3.63) is 37.4 Å². The van der Waals surface area contributed by atoms with E-state index in [1.165, 1.54) is 8.66 Å². The van der Waals surface area contributed by atoms with E-state index in [2.05, 4.69) is 37.9 Å². The SMILES string of the molecule is Brc1ccc(CN2CCO[C@@H](c3nccs3)C2)s1. The van der Waals surface area contributed by atoms with Crippen LogP contribution in [-0.2, 0) is 11.3 Å². The van der Waals surface area contributed by atoms with E-state index >= 15 is 0 Å². The molecule has 2 aromatic heterocycles. The molecule has 0 unspecified atom stereocenters. The fourth-order valence-corrected chi connectivity index (χ4v) is 4.25. The topological polar surface area (TPSA) is 25.4 Å². The molecule has 3 nitrogen and oxygen atoms in total. The van der Waals surface area contributed by atoms with Crippen LogP contribution in [0.2, 0.25) is 0 Å². The number of nitrogens with zero attached hydrogens (tertiary/aromatic N) is 2. The first-order chi connectivity index (χ1) is 8.81. The Morgan fingerprint density at radius 2 is 2.44 bits per heavy atom. The number of halogens is 1. The molecule has 0 radical (unpaired) electrons. The molecule has 1 atom stereocenters. The van der Waals surface area contributed by atoms with Gasteiger partial charge in [0.05, 0.1) is 10.4 Å². The molecule has 0 amide bonds. The van der Waals surface area contributed by atoms with Crippen LogP contribution < -0.4 is 0 Å². The first-order valence-corrected chi connectivity index (χ1v) is 8.28. The molecular formula is C12H13BrN2OS2. The van der Waals surface area contributed by atoms with Crippen molar-refractivity contribution in [3.8, 4) is 0 Å². The van der Waals surface area contributed by atoms with Gasteiger partial charge in [0.25, 0.3) is 0 Å². The lowest BCUT2D eigenvalue weighted by molar-refractivity contribution is -0.0327. The summed E-state index contributed by atoms with van der Waals surface area (Å²) in [6.07, 6.45) is 1.99. The Hall–Kier alpha value is -0.270. The van der Waals surface area contributed by atoms with Crippen molar-refractivity contribution >= 4 is 38.6 Å². The van der Waals surface area contributed by atoms with E-state index in [-0.39, 0.29) is 6.10 Å². The number of hydrogen-bond donors (Lipinski definition) is 0. The predicted octanol–water partition coefficient (Wildman–Crippen LogP) is 3.54. The summed E-state index contributed by atoms with van der Waals surface area (Å²) in [6.45, 7) is 3.72. The number of rotatable bonds is 3. The van der Waals surface area contributed by atoms with Gasteiger partial charge in [-0.3, -0.25) is 4.90 Å². The van der Waals surface area contributed by atoms with Crippen LogP contribution in [0.4, 0.5) is 0 Å². The van der Waals surface area contributed by atoms with E-state index in [4.69, 9.17) is 4.74 Å². The van der Waals surface area contributed by atoms with Crippen LogP contribution in [0.25, 0.3) is 0 Å². The van der Waals surface area contributed by atoms with Crippen LogP contribution in [0.15, 0.2) is 27.5 Å². The highest BCUT2D eigenvalue weighted by molar-refractivity contribution is 9.11. The Morgan fingerprint density at radius 3 is 3.17 bits per heavy atom. The third-order valence-corrected chi connectivity index (χ3v) is 5.36. The fourth-order valence-electron chi connectivity index (χ4n) is 2.05. The van der Waals surface area contributed by atoms with E-state index in [9.17, 15) is 0 Å². The average molecular weight is 345 g/mol. The molecule has 96 valence electrons. The average Bonchev–Trinajstić information content (AvgIpc) is 3.01. The number of thiophene rings is 1. The normalized spacial score (nSPS) is 21.3. The number of morpholine rings is 1. The highest BCUT2D eigenvalue weighted by Gasteiger charge is 2.23. The lowest BCUT2D eigenvalue weighted by Crippen LogP contribution is -2.37. The zero-order chi connectivity index (χ0) is 12.4. The second kappa shape index (κ2) is 5.79. The summed E-state index contributed by atoms with van der Waals surface area (Å²) in [5.74, 6) is 0. The van der Waals surface area contributed by atoms with Gasteiger partial charge in [-0.25, -0.2) is 4.98 Å². The third-order valence-electron chi connectivity index (χ3n) is 2.89. The highest BCUT2D eigenvalue weighted by Crippen LogP contribution is 2.27. The van der Waals surface area contributed by atoms with E-state index in [0.717, 1.165) is 31.2 Å². The number of thiazole rings is 1. The summed E-state index contributed by atoms with van der Waals surface area (Å²) in [7, 11) is 0. The molecule has 1 fully saturated rings. The van der Waals surface area contributed by atoms with Gasteiger partial charge in [-0.1, -0.05) is 0 Å². The Kier molecular flexibility index (Phi) is 4.10. The molecule has 0 bridgehead atoms. The van der Waals surface area contributed by atoms with Crippen LogP contribution in [0, 0.1) is 0 Å². The maximum Gasteiger partial charge on any atom is 0.123 e. The third kappa shape index (κ3) is 3.00. The zero-order valence-corrected chi connectivity index (χ0v) is 12.9. The van der Waals surface area contributed by atoms with E-state index in [1.807, 2.05) is 11.6 Å². The largest absolute Gasteiger partial charge is 0.368 e. The molecule has 0 N–H and O–H groups in total. The lowest BCUT2D eigenvalue weighted by Gasteiger charge is -2.31. The molecule has 3 heterocycles. The van der Waals surface area contributed by atoms with Crippen LogP contribution in [0.5, 0.6) is 0 Å². The maximum absolute atomic E-state index is 5.80. The molecule has 6 heteroatoms. The lowest BCUT2D eigenvalue weighted by atomic mass is 10.2. The van der Waals surface area contributed by atoms with Gasteiger partial charge in [-0.05, 0) is 28.1 Å². The number of ether oxygens (including phenoxy) is 1. The summed E-state index contributed by atoms with van der Waals surface area (Å²) in [5.41, 5.74) is 0. The molecule has 3 rings (SSSR count). The van der Waals surface area contributed by atoms with Gasteiger partial charge in [-0.2, -0.15) is 0 Å². The molecule has 1 aliphatic rings. The van der Waals surface area contributed by atoms with E-state index < -0.39 is 0 Å². The van der Waals surface area contributed by atoms with E-state index in [0.29, 0.717) is 0 Å². The number of aromatic nitrogens is 1. The van der Waals surface area contributed by atoms with Gasteiger partial charge in [0.15, 0.2) is 0 Å². The molecule has 1 aliphatic heterocycles. The fraction of sp³-hybridized carbons (Fsp3) is 0.417. The van der Waals surface area contributed by atoms with Gasteiger partial charge in [0, 0.05) is 36.1 Å². The van der Waals surface area contributed by atoms with Crippen molar-refractivity contribution in [1.29, 1.82) is 0 Å². The Labute approximate surface area is 123 Å². The summed E-state index contributed by atoms with van der Waals surface area (Å²) in [4.78, 5) is 8.18. The van der Waals surface area contributed by atoms with Gasteiger partial charge in [0.1, 0.15) is 11.1 Å². The van der Waals surface area contributed by atoms with Crippen molar-refractivity contribution in [2.45, 2.75) is 12.6 Å². The Bertz CT molecular complexity index is 500. The van der Waals surface area contributed by atoms with Crippen molar-refractivity contribution < 1.29 is 4.74 Å². The zero-order valence-electron chi connectivity index (χ0n) is 9.71. The Balaban J connectivity index is 1.63. The van der Waals surface area contributed by atoms with Crippen LogP contribution in [0.1, 0.15) is 16.0 Å². The molecule has 2 aromatic rings. The molecular weight excluding hydrogens is 332 g/mol. The quantitative estimate of drug-likeness (QED) is 0.851. The summed E-state index contributed by atoms with van der Waals surface area (Å²) in [6, 6.07) is 4.29. The smallest absolute Gasteiger partial charge is 0.123 e. The van der Waals surface area contributed by atoms with Crippen molar-refractivity contribution in [3.63, 3.8) is 0 Å². The van der Waals surface area contributed by atoms with Crippen molar-refractivity contribution in [2.24, 2.45) is 0 Å². The van der Waals surface area contributed by atoms with Gasteiger partial charge >= 0.3 is 0 Å². The summed E-state index contributed by atoms with van der Waals surface area (Å²) < 4.78 is 6.99. The second-order valence-electron chi connectivity index (χ2n) is 4.17. The highest BCUT2D eigenvalue weighted by atomic mass is 79.9. The molecule has 0 aliphatic carbocycles. The Morgan fingerprint density at radius 1 is 1.50 bits per heavy atom. The second-order valence-corrected chi connectivity index (χ2v) is 7.64. The molecule has 18 heavy (non-hydrogen) atoms.